The number of carbonyl (C=O) groups is 1. The van der Waals surface area contributed by atoms with Gasteiger partial charge in [0.2, 0.25) is 5.78 Å². The van der Waals surface area contributed by atoms with Gasteiger partial charge in [-0.2, -0.15) is 5.26 Å². The number of rotatable bonds is 4. The highest BCUT2D eigenvalue weighted by Crippen LogP contribution is 2.18. The molecule has 0 bridgehead atoms. The monoisotopic (exact) mass is 295 g/mol. The predicted octanol–water partition coefficient (Wildman–Crippen LogP) is 3.93. The molecular weight excluding hydrogens is 281 g/mol. The molecule has 0 heterocycles. The Morgan fingerprint density at radius 3 is 2.68 bits per heavy atom. The van der Waals surface area contributed by atoms with E-state index in [1.165, 1.54) is 25.3 Å². The number of nitrogens with zero attached hydrogens (tertiary/aromatic N) is 1. The third-order valence-electron chi connectivity index (χ3n) is 3.19. The maximum absolute atomic E-state index is 13.3. The quantitative estimate of drug-likeness (QED) is 0.488. The maximum Gasteiger partial charge on any atom is 0.203 e. The van der Waals surface area contributed by atoms with Crippen LogP contribution in [0.5, 0.6) is 5.75 Å². The minimum atomic E-state index is -0.400. The standard InChI is InChI=1S/C18H14FNO2/c1-12-8-13(6-7-17(12)19)9-15(11-20)18(21)14-4-3-5-16(10-14)22-2/h3-10H,1-2H3. The first kappa shape index (κ1) is 15.5. The number of benzene rings is 2. The predicted molar refractivity (Wildman–Crippen MR) is 82.1 cm³/mol. The van der Waals surface area contributed by atoms with Crippen molar-refractivity contribution >= 4 is 11.9 Å². The molecule has 0 fully saturated rings. The molecule has 4 heteroatoms. The lowest BCUT2D eigenvalue weighted by Crippen LogP contribution is -2.02. The van der Waals surface area contributed by atoms with E-state index < -0.39 is 5.78 Å². The van der Waals surface area contributed by atoms with Crippen molar-refractivity contribution < 1.29 is 13.9 Å². The van der Waals surface area contributed by atoms with E-state index >= 15 is 0 Å². The Hall–Kier alpha value is -2.93. The smallest absolute Gasteiger partial charge is 0.203 e. The van der Waals surface area contributed by atoms with Crippen LogP contribution in [-0.2, 0) is 0 Å². The first-order valence-electron chi connectivity index (χ1n) is 6.62. The largest absolute Gasteiger partial charge is 0.497 e. The molecule has 2 aromatic rings. The Labute approximate surface area is 128 Å². The normalized spacial score (nSPS) is 10.9. The number of ketones is 1. The number of methoxy groups -OCH3 is 1. The molecule has 22 heavy (non-hydrogen) atoms. The van der Waals surface area contributed by atoms with Gasteiger partial charge in [-0.25, -0.2) is 4.39 Å². The number of ether oxygens (including phenoxy) is 1. The maximum atomic E-state index is 13.3. The van der Waals surface area contributed by atoms with Crippen LogP contribution in [0, 0.1) is 24.1 Å². The summed E-state index contributed by atoms with van der Waals surface area (Å²) in [5.41, 5.74) is 1.41. The molecule has 0 saturated carbocycles. The highest BCUT2D eigenvalue weighted by molar-refractivity contribution is 6.14. The van der Waals surface area contributed by atoms with Crippen LogP contribution < -0.4 is 4.74 Å². The van der Waals surface area contributed by atoms with E-state index in [1.54, 1.807) is 37.3 Å². The van der Waals surface area contributed by atoms with Crippen molar-refractivity contribution in [1.82, 2.24) is 0 Å². The SMILES string of the molecule is COc1cccc(C(=O)C(C#N)=Cc2ccc(F)c(C)c2)c1. The average Bonchev–Trinajstić information content (AvgIpc) is 2.55. The molecule has 2 aromatic carbocycles. The van der Waals surface area contributed by atoms with Crippen molar-refractivity contribution in [1.29, 1.82) is 5.26 Å². The Kier molecular flexibility index (Phi) is 4.70. The zero-order valence-corrected chi connectivity index (χ0v) is 12.3. The molecular formula is C18H14FNO2. The highest BCUT2D eigenvalue weighted by Gasteiger charge is 2.13. The third-order valence-corrected chi connectivity index (χ3v) is 3.19. The molecule has 0 radical (unpaired) electrons. The van der Waals surface area contributed by atoms with Crippen molar-refractivity contribution in [2.45, 2.75) is 6.92 Å². The Balaban J connectivity index is 2.38. The van der Waals surface area contributed by atoms with Gasteiger partial charge in [-0.3, -0.25) is 4.79 Å². The molecule has 0 atom stereocenters. The average molecular weight is 295 g/mol. The summed E-state index contributed by atoms with van der Waals surface area (Å²) in [6.07, 6.45) is 1.45. The summed E-state index contributed by atoms with van der Waals surface area (Å²) in [5.74, 6) is -0.182. The molecule has 2 rings (SSSR count). The number of nitriles is 1. The van der Waals surface area contributed by atoms with Gasteiger partial charge in [-0.15, -0.1) is 0 Å². The lowest BCUT2D eigenvalue weighted by atomic mass is 10.0. The molecule has 0 aliphatic carbocycles. The lowest BCUT2D eigenvalue weighted by Gasteiger charge is -2.04. The van der Waals surface area contributed by atoms with Gasteiger partial charge in [-0.05, 0) is 48.4 Å². The first-order valence-corrected chi connectivity index (χ1v) is 6.62. The molecule has 110 valence electrons. The van der Waals surface area contributed by atoms with Crippen LogP contribution >= 0.6 is 0 Å². The zero-order chi connectivity index (χ0) is 16.1. The number of carbonyl (C=O) groups excluding carboxylic acids is 1. The molecule has 0 aliphatic rings. The second kappa shape index (κ2) is 6.68. The van der Waals surface area contributed by atoms with Gasteiger partial charge in [0.15, 0.2) is 0 Å². The van der Waals surface area contributed by atoms with E-state index in [1.807, 2.05) is 6.07 Å². The van der Waals surface area contributed by atoms with Crippen molar-refractivity contribution in [3.8, 4) is 11.8 Å². The minimum absolute atomic E-state index is 0.0146. The summed E-state index contributed by atoms with van der Waals surface area (Å²) < 4.78 is 18.3. The molecule has 0 N–H and O–H groups in total. The summed E-state index contributed by atoms with van der Waals surface area (Å²) in [4.78, 5) is 12.4. The van der Waals surface area contributed by atoms with Crippen LogP contribution in [0.4, 0.5) is 4.39 Å². The summed E-state index contributed by atoms with van der Waals surface area (Å²) >= 11 is 0. The van der Waals surface area contributed by atoms with Crippen molar-refractivity contribution in [3.63, 3.8) is 0 Å². The molecule has 0 unspecified atom stereocenters. The molecule has 0 spiro atoms. The van der Waals surface area contributed by atoms with Crippen LogP contribution in [-0.4, -0.2) is 12.9 Å². The van der Waals surface area contributed by atoms with Crippen LogP contribution in [0.3, 0.4) is 0 Å². The molecule has 3 nitrogen and oxygen atoms in total. The van der Waals surface area contributed by atoms with Gasteiger partial charge in [0.1, 0.15) is 23.2 Å². The van der Waals surface area contributed by atoms with E-state index in [4.69, 9.17) is 4.74 Å². The summed E-state index contributed by atoms with van der Waals surface area (Å²) in [6, 6.07) is 12.9. The summed E-state index contributed by atoms with van der Waals surface area (Å²) in [6.45, 7) is 1.63. The van der Waals surface area contributed by atoms with Crippen molar-refractivity contribution in [3.05, 3.63) is 70.5 Å². The summed E-state index contributed by atoms with van der Waals surface area (Å²) in [7, 11) is 1.51. The first-order chi connectivity index (χ1) is 10.5. The van der Waals surface area contributed by atoms with Crippen molar-refractivity contribution in [2.24, 2.45) is 0 Å². The number of hydrogen-bond donors (Lipinski definition) is 0. The fourth-order valence-electron chi connectivity index (χ4n) is 1.99. The number of aryl methyl sites for hydroxylation is 1. The van der Waals surface area contributed by atoms with Crippen LogP contribution in [0.25, 0.3) is 6.08 Å². The van der Waals surface area contributed by atoms with E-state index in [-0.39, 0.29) is 11.4 Å². The minimum Gasteiger partial charge on any atom is -0.497 e. The van der Waals surface area contributed by atoms with Gasteiger partial charge in [0.25, 0.3) is 0 Å². The van der Waals surface area contributed by atoms with E-state index in [0.29, 0.717) is 22.4 Å². The Morgan fingerprint density at radius 2 is 2.05 bits per heavy atom. The number of Topliss-reactive ketones (excluding diaryl/α,β-unsaturated/α-hetero) is 1. The third kappa shape index (κ3) is 3.39. The number of hydrogen-bond acceptors (Lipinski definition) is 3. The van der Waals surface area contributed by atoms with E-state index in [0.717, 1.165) is 0 Å². The zero-order valence-electron chi connectivity index (χ0n) is 12.3. The highest BCUT2D eigenvalue weighted by atomic mass is 19.1. The van der Waals surface area contributed by atoms with E-state index in [9.17, 15) is 14.4 Å². The fourth-order valence-corrected chi connectivity index (χ4v) is 1.99. The van der Waals surface area contributed by atoms with Gasteiger partial charge < -0.3 is 4.74 Å². The van der Waals surface area contributed by atoms with Gasteiger partial charge in [0, 0.05) is 5.56 Å². The molecule has 0 amide bonds. The van der Waals surface area contributed by atoms with Crippen molar-refractivity contribution in [2.75, 3.05) is 7.11 Å². The summed E-state index contributed by atoms with van der Waals surface area (Å²) in [5, 5.41) is 9.23. The lowest BCUT2D eigenvalue weighted by molar-refractivity contribution is 0.103. The second-order valence-electron chi connectivity index (χ2n) is 4.74. The van der Waals surface area contributed by atoms with Crippen LogP contribution in [0.1, 0.15) is 21.5 Å². The fraction of sp³-hybridized carbons (Fsp3) is 0.111. The van der Waals surface area contributed by atoms with Crippen LogP contribution in [0.15, 0.2) is 48.0 Å². The van der Waals surface area contributed by atoms with E-state index in [2.05, 4.69) is 0 Å². The number of allylic oxidation sites excluding steroid dienone is 1. The molecule has 0 aliphatic heterocycles. The molecule has 0 aromatic heterocycles. The van der Waals surface area contributed by atoms with Gasteiger partial charge >= 0.3 is 0 Å². The second-order valence-corrected chi connectivity index (χ2v) is 4.74. The Morgan fingerprint density at radius 1 is 1.27 bits per heavy atom. The molecule has 0 saturated heterocycles. The van der Waals surface area contributed by atoms with Gasteiger partial charge in [-0.1, -0.05) is 18.2 Å². The van der Waals surface area contributed by atoms with Crippen LogP contribution in [0.2, 0.25) is 0 Å². The van der Waals surface area contributed by atoms with Gasteiger partial charge in [0.05, 0.1) is 7.11 Å². The number of halogens is 1. The Bertz CT molecular complexity index is 788. The topological polar surface area (TPSA) is 50.1 Å².